The van der Waals surface area contributed by atoms with Crippen LogP contribution in [-0.4, -0.2) is 42.0 Å². The highest BCUT2D eigenvalue weighted by Gasteiger charge is 2.43. The molecule has 1 aromatic carbocycles. The highest BCUT2D eigenvalue weighted by Crippen LogP contribution is 2.35. The van der Waals surface area contributed by atoms with Gasteiger partial charge in [0, 0.05) is 20.1 Å². The van der Waals surface area contributed by atoms with Crippen molar-refractivity contribution in [3.05, 3.63) is 35.9 Å². The van der Waals surface area contributed by atoms with E-state index >= 15 is 0 Å². The number of carboxylic acid groups (broad SMARTS) is 1. The third kappa shape index (κ3) is 2.67. The highest BCUT2D eigenvalue weighted by molar-refractivity contribution is 5.83. The summed E-state index contributed by atoms with van der Waals surface area (Å²) in [7, 11) is 1.61. The second kappa shape index (κ2) is 5.63. The van der Waals surface area contributed by atoms with Crippen LogP contribution in [0, 0.1) is 5.41 Å². The minimum atomic E-state index is -0.877. The predicted octanol–water partition coefficient (Wildman–Crippen LogP) is 1.27. The van der Waals surface area contributed by atoms with Crippen molar-refractivity contribution >= 4 is 11.9 Å². The van der Waals surface area contributed by atoms with E-state index in [0.29, 0.717) is 19.5 Å². The molecule has 1 fully saturated rings. The van der Waals surface area contributed by atoms with Gasteiger partial charge in [0.25, 0.3) is 0 Å². The molecule has 0 aromatic heterocycles. The van der Waals surface area contributed by atoms with Crippen LogP contribution in [0.4, 0.5) is 0 Å². The predicted molar refractivity (Wildman–Crippen MR) is 75.2 cm³/mol. The molecule has 0 saturated carbocycles. The average molecular weight is 276 g/mol. The van der Waals surface area contributed by atoms with Crippen LogP contribution in [0.25, 0.3) is 0 Å². The zero-order valence-corrected chi connectivity index (χ0v) is 11.8. The normalized spacial score (nSPS) is 24.3. The van der Waals surface area contributed by atoms with Gasteiger partial charge in [-0.05, 0) is 18.9 Å². The molecule has 2 atom stereocenters. The van der Waals surface area contributed by atoms with E-state index < -0.39 is 17.4 Å². The monoisotopic (exact) mass is 276 g/mol. The standard InChI is InChI=1S/C15H20N2O3/c1-15(14(20)16-2)8-9-17(10-15)12(13(18)19)11-6-4-3-5-7-11/h3-7,12H,8-10H2,1-2H3,(H,16,20)(H,18,19). The molecule has 1 aromatic rings. The lowest BCUT2D eigenvalue weighted by Crippen LogP contribution is -2.41. The Morgan fingerprint density at radius 2 is 2.00 bits per heavy atom. The van der Waals surface area contributed by atoms with Crippen LogP contribution in [0.5, 0.6) is 0 Å². The van der Waals surface area contributed by atoms with Crippen molar-refractivity contribution in [1.29, 1.82) is 0 Å². The summed E-state index contributed by atoms with van der Waals surface area (Å²) >= 11 is 0. The van der Waals surface area contributed by atoms with E-state index in [0.717, 1.165) is 5.56 Å². The minimum absolute atomic E-state index is 0.0304. The lowest BCUT2D eigenvalue weighted by Gasteiger charge is -2.27. The fraction of sp³-hybridized carbons (Fsp3) is 0.467. The van der Waals surface area contributed by atoms with Gasteiger partial charge >= 0.3 is 5.97 Å². The van der Waals surface area contributed by atoms with Gasteiger partial charge in [0.15, 0.2) is 0 Å². The third-order valence-electron chi connectivity index (χ3n) is 3.99. The topological polar surface area (TPSA) is 69.6 Å². The Labute approximate surface area is 118 Å². The number of carboxylic acids is 1. The van der Waals surface area contributed by atoms with E-state index in [1.165, 1.54) is 0 Å². The molecule has 0 radical (unpaired) electrons. The van der Waals surface area contributed by atoms with Crippen molar-refractivity contribution in [2.75, 3.05) is 20.1 Å². The molecule has 2 rings (SSSR count). The molecule has 1 aliphatic heterocycles. The Morgan fingerprint density at radius 1 is 1.35 bits per heavy atom. The van der Waals surface area contributed by atoms with E-state index in [2.05, 4.69) is 5.32 Å². The molecule has 2 unspecified atom stereocenters. The van der Waals surface area contributed by atoms with Gasteiger partial charge in [0.2, 0.25) is 5.91 Å². The van der Waals surface area contributed by atoms with E-state index in [9.17, 15) is 14.7 Å². The van der Waals surface area contributed by atoms with Crippen LogP contribution in [0.15, 0.2) is 30.3 Å². The minimum Gasteiger partial charge on any atom is -0.480 e. The van der Waals surface area contributed by atoms with E-state index in [1.807, 2.05) is 42.2 Å². The fourth-order valence-electron chi connectivity index (χ4n) is 2.85. The first-order valence-corrected chi connectivity index (χ1v) is 6.72. The summed E-state index contributed by atoms with van der Waals surface area (Å²) in [5.74, 6) is -0.908. The maximum absolute atomic E-state index is 11.9. The van der Waals surface area contributed by atoms with Gasteiger partial charge in [-0.25, -0.2) is 0 Å². The van der Waals surface area contributed by atoms with E-state index in [-0.39, 0.29) is 5.91 Å². The van der Waals surface area contributed by atoms with Gasteiger partial charge < -0.3 is 10.4 Å². The maximum Gasteiger partial charge on any atom is 0.325 e. The first kappa shape index (κ1) is 14.5. The quantitative estimate of drug-likeness (QED) is 0.869. The van der Waals surface area contributed by atoms with Crippen molar-refractivity contribution in [3.8, 4) is 0 Å². The summed E-state index contributed by atoms with van der Waals surface area (Å²) in [6.45, 7) is 2.95. The van der Waals surface area contributed by atoms with Crippen LogP contribution < -0.4 is 5.32 Å². The van der Waals surface area contributed by atoms with E-state index in [1.54, 1.807) is 7.05 Å². The number of hydrogen-bond acceptors (Lipinski definition) is 3. The smallest absolute Gasteiger partial charge is 0.325 e. The molecule has 1 amide bonds. The average Bonchev–Trinajstić information content (AvgIpc) is 2.82. The van der Waals surface area contributed by atoms with Crippen molar-refractivity contribution in [2.24, 2.45) is 5.41 Å². The van der Waals surface area contributed by atoms with Crippen LogP contribution >= 0.6 is 0 Å². The summed E-state index contributed by atoms with van der Waals surface area (Å²) in [5, 5.41) is 12.2. The lowest BCUT2D eigenvalue weighted by molar-refractivity contribution is -0.144. The maximum atomic E-state index is 11.9. The van der Waals surface area contributed by atoms with E-state index in [4.69, 9.17) is 0 Å². The summed E-state index contributed by atoms with van der Waals surface area (Å²) in [6.07, 6.45) is 0.670. The highest BCUT2D eigenvalue weighted by atomic mass is 16.4. The summed E-state index contributed by atoms with van der Waals surface area (Å²) in [6, 6.07) is 8.46. The number of hydrogen-bond donors (Lipinski definition) is 2. The summed E-state index contributed by atoms with van der Waals surface area (Å²) in [5.41, 5.74) is 0.234. The van der Waals surface area contributed by atoms with Crippen molar-refractivity contribution in [2.45, 2.75) is 19.4 Å². The second-order valence-electron chi connectivity index (χ2n) is 5.51. The number of nitrogens with one attached hydrogen (secondary N) is 1. The molecule has 2 N–H and O–H groups in total. The Balaban J connectivity index is 2.22. The number of rotatable bonds is 4. The molecule has 1 heterocycles. The Morgan fingerprint density at radius 3 is 2.55 bits per heavy atom. The number of benzene rings is 1. The first-order valence-electron chi connectivity index (χ1n) is 6.72. The Hall–Kier alpha value is -1.88. The number of carbonyl (C=O) groups excluding carboxylic acids is 1. The van der Waals surface area contributed by atoms with Crippen LogP contribution in [-0.2, 0) is 9.59 Å². The molecule has 5 heteroatoms. The van der Waals surface area contributed by atoms with Crippen molar-refractivity contribution in [1.82, 2.24) is 10.2 Å². The summed E-state index contributed by atoms with van der Waals surface area (Å²) < 4.78 is 0. The molecule has 108 valence electrons. The van der Waals surface area contributed by atoms with Crippen molar-refractivity contribution < 1.29 is 14.7 Å². The first-order chi connectivity index (χ1) is 9.48. The van der Waals surface area contributed by atoms with Crippen LogP contribution in [0.3, 0.4) is 0 Å². The number of aliphatic carboxylic acids is 1. The molecule has 1 aliphatic rings. The molecule has 20 heavy (non-hydrogen) atoms. The van der Waals surface area contributed by atoms with Gasteiger partial charge in [-0.2, -0.15) is 0 Å². The molecule has 0 spiro atoms. The van der Waals surface area contributed by atoms with Gasteiger partial charge in [0.05, 0.1) is 5.41 Å². The largest absolute Gasteiger partial charge is 0.480 e. The van der Waals surface area contributed by atoms with Gasteiger partial charge in [0.1, 0.15) is 6.04 Å². The zero-order chi connectivity index (χ0) is 14.8. The third-order valence-corrected chi connectivity index (χ3v) is 3.99. The molecular formula is C15H20N2O3. The lowest BCUT2D eigenvalue weighted by atomic mass is 9.89. The number of nitrogens with zero attached hydrogens (tertiary/aromatic N) is 1. The van der Waals surface area contributed by atoms with Crippen LogP contribution in [0.2, 0.25) is 0 Å². The zero-order valence-electron chi connectivity index (χ0n) is 11.8. The fourth-order valence-corrected chi connectivity index (χ4v) is 2.85. The molecular weight excluding hydrogens is 256 g/mol. The molecule has 0 aliphatic carbocycles. The van der Waals surface area contributed by atoms with Crippen molar-refractivity contribution in [3.63, 3.8) is 0 Å². The summed E-state index contributed by atoms with van der Waals surface area (Å²) in [4.78, 5) is 25.4. The Kier molecular flexibility index (Phi) is 4.09. The molecule has 0 bridgehead atoms. The van der Waals surface area contributed by atoms with Gasteiger partial charge in [-0.3, -0.25) is 14.5 Å². The Bertz CT molecular complexity index is 503. The van der Waals surface area contributed by atoms with Gasteiger partial charge in [-0.15, -0.1) is 0 Å². The molecule has 5 nitrogen and oxygen atoms in total. The molecule has 1 saturated heterocycles. The van der Waals surface area contributed by atoms with Gasteiger partial charge in [-0.1, -0.05) is 30.3 Å². The van der Waals surface area contributed by atoms with Crippen LogP contribution in [0.1, 0.15) is 24.9 Å². The number of amides is 1. The SMILES string of the molecule is CNC(=O)C1(C)CCN(C(C(=O)O)c2ccccc2)C1. The second-order valence-corrected chi connectivity index (χ2v) is 5.51. The number of carbonyl (C=O) groups is 2. The number of likely N-dealkylation sites (tertiary alicyclic amines) is 1.